The predicted molar refractivity (Wildman–Crippen MR) is 99.2 cm³/mol. The van der Waals surface area contributed by atoms with E-state index in [0.29, 0.717) is 12.5 Å². The van der Waals surface area contributed by atoms with Crippen LogP contribution in [0, 0.1) is 0 Å². The van der Waals surface area contributed by atoms with Crippen molar-refractivity contribution >= 4 is 45.9 Å². The van der Waals surface area contributed by atoms with Crippen LogP contribution in [-0.4, -0.2) is 25.2 Å². The molecule has 20 heavy (non-hydrogen) atoms. The average Bonchev–Trinajstić information content (AvgIpc) is 2.26. The summed E-state index contributed by atoms with van der Waals surface area (Å²) >= 11 is 3.47. The second-order valence-electron chi connectivity index (χ2n) is 5.32. The van der Waals surface area contributed by atoms with Gasteiger partial charge in [-0.25, -0.2) is 0 Å². The maximum Gasteiger partial charge on any atom is 0.188 e. The van der Waals surface area contributed by atoms with Crippen LogP contribution in [0.15, 0.2) is 27.7 Å². The molecule has 0 bridgehead atoms. The molecule has 0 spiro atoms. The highest BCUT2D eigenvalue weighted by Gasteiger charge is 2.10. The first-order chi connectivity index (χ1) is 8.83. The summed E-state index contributed by atoms with van der Waals surface area (Å²) in [7, 11) is 1.67. The molecule has 1 aromatic rings. The fraction of sp³-hybridized carbons (Fsp3) is 0.500. The Balaban J connectivity index is 0.00000361. The number of hydrogen-bond acceptors (Lipinski definition) is 2. The second kappa shape index (κ2) is 8.71. The summed E-state index contributed by atoms with van der Waals surface area (Å²) in [6.07, 6.45) is 0.787. The molecular weight excluding hydrogens is 433 g/mol. The maximum absolute atomic E-state index is 5.82. The molecule has 0 unspecified atom stereocenters. The number of nitrogens with two attached hydrogens (primary N) is 1. The summed E-state index contributed by atoms with van der Waals surface area (Å²) in [5.41, 5.74) is 6.87. The van der Waals surface area contributed by atoms with Gasteiger partial charge >= 0.3 is 0 Å². The van der Waals surface area contributed by atoms with E-state index in [1.165, 1.54) is 0 Å². The number of nitrogens with zero attached hydrogens (tertiary/aromatic N) is 1. The van der Waals surface area contributed by atoms with Crippen molar-refractivity contribution in [2.45, 2.75) is 32.7 Å². The minimum atomic E-state index is -0.0684. The molecule has 0 aliphatic carbocycles. The predicted octanol–water partition coefficient (Wildman–Crippen LogP) is 3.32. The van der Waals surface area contributed by atoms with Crippen molar-refractivity contribution in [2.24, 2.45) is 10.7 Å². The summed E-state index contributed by atoms with van der Waals surface area (Å²) in [4.78, 5) is 4.32. The summed E-state index contributed by atoms with van der Waals surface area (Å²) in [6, 6.07) is 5.98. The van der Waals surface area contributed by atoms with E-state index >= 15 is 0 Å². The number of methoxy groups -OCH3 is 1. The van der Waals surface area contributed by atoms with Gasteiger partial charge in [0.25, 0.3) is 0 Å². The van der Waals surface area contributed by atoms with Crippen LogP contribution in [0.25, 0.3) is 0 Å². The third-order valence-corrected chi connectivity index (χ3v) is 3.04. The summed E-state index contributed by atoms with van der Waals surface area (Å²) in [5.74, 6) is 1.33. The van der Waals surface area contributed by atoms with Gasteiger partial charge in [0.1, 0.15) is 5.75 Å². The topological polar surface area (TPSA) is 59.6 Å². The number of para-hydroxylation sites is 1. The molecule has 0 aliphatic heterocycles. The number of aliphatic imine (C=N–C) groups is 1. The fourth-order valence-electron chi connectivity index (χ4n) is 1.70. The Morgan fingerprint density at radius 2 is 2.05 bits per heavy atom. The Morgan fingerprint density at radius 3 is 2.60 bits per heavy atom. The molecule has 4 nitrogen and oxygen atoms in total. The van der Waals surface area contributed by atoms with E-state index in [-0.39, 0.29) is 29.5 Å². The number of nitrogens with one attached hydrogen (secondary N) is 1. The van der Waals surface area contributed by atoms with Gasteiger partial charge in [-0.3, -0.25) is 4.99 Å². The van der Waals surface area contributed by atoms with E-state index in [9.17, 15) is 0 Å². The van der Waals surface area contributed by atoms with E-state index < -0.39 is 0 Å². The van der Waals surface area contributed by atoms with Crippen LogP contribution in [0.2, 0.25) is 0 Å². The summed E-state index contributed by atoms with van der Waals surface area (Å²) in [6.45, 7) is 6.77. The van der Waals surface area contributed by atoms with Gasteiger partial charge in [-0.1, -0.05) is 12.1 Å². The smallest absolute Gasteiger partial charge is 0.188 e. The molecule has 0 amide bonds. The number of benzene rings is 1. The van der Waals surface area contributed by atoms with Gasteiger partial charge in [-0.2, -0.15) is 0 Å². The Kier molecular flexibility index (Phi) is 8.50. The lowest BCUT2D eigenvalue weighted by Gasteiger charge is -2.21. The normalized spacial score (nSPS) is 11.8. The quantitative estimate of drug-likeness (QED) is 0.416. The zero-order chi connectivity index (χ0) is 14.5. The molecule has 0 fully saturated rings. The molecule has 1 aromatic carbocycles. The third-order valence-electron chi connectivity index (χ3n) is 2.42. The van der Waals surface area contributed by atoms with Crippen molar-refractivity contribution in [3.8, 4) is 5.75 Å². The van der Waals surface area contributed by atoms with Crippen LogP contribution in [0.5, 0.6) is 5.75 Å². The number of rotatable bonds is 4. The number of hydrogen-bond donors (Lipinski definition) is 2. The first kappa shape index (κ1) is 19.5. The van der Waals surface area contributed by atoms with E-state index in [4.69, 9.17) is 10.5 Å². The van der Waals surface area contributed by atoms with Gasteiger partial charge in [0.05, 0.1) is 11.6 Å². The number of guanidine groups is 1. The molecule has 0 radical (unpaired) electrons. The Morgan fingerprint density at radius 1 is 1.40 bits per heavy atom. The zero-order valence-corrected chi connectivity index (χ0v) is 16.3. The van der Waals surface area contributed by atoms with Crippen LogP contribution in [-0.2, 0) is 6.42 Å². The Bertz CT molecular complexity index is 458. The van der Waals surface area contributed by atoms with Crippen molar-refractivity contribution in [2.75, 3.05) is 13.7 Å². The van der Waals surface area contributed by atoms with Gasteiger partial charge in [-0.05, 0) is 54.8 Å². The highest BCUT2D eigenvalue weighted by molar-refractivity contribution is 14.0. The SMILES string of the molecule is COc1c(Br)cccc1CCN=C(N)NC(C)(C)C.I. The minimum absolute atomic E-state index is 0. The van der Waals surface area contributed by atoms with Gasteiger partial charge < -0.3 is 15.8 Å². The van der Waals surface area contributed by atoms with E-state index in [2.05, 4.69) is 26.2 Å². The third kappa shape index (κ3) is 6.78. The zero-order valence-electron chi connectivity index (χ0n) is 12.4. The van der Waals surface area contributed by atoms with Crippen LogP contribution in [0.3, 0.4) is 0 Å². The van der Waals surface area contributed by atoms with Gasteiger partial charge in [0.15, 0.2) is 5.96 Å². The van der Waals surface area contributed by atoms with Crippen molar-refractivity contribution < 1.29 is 4.74 Å². The first-order valence-corrected chi connectivity index (χ1v) is 7.02. The van der Waals surface area contributed by atoms with Crippen LogP contribution in [0.4, 0.5) is 0 Å². The number of halogens is 2. The maximum atomic E-state index is 5.82. The number of ether oxygens (including phenoxy) is 1. The van der Waals surface area contributed by atoms with Gasteiger partial charge in [0.2, 0.25) is 0 Å². The molecule has 114 valence electrons. The molecule has 0 heterocycles. The average molecular weight is 456 g/mol. The van der Waals surface area contributed by atoms with Gasteiger partial charge in [-0.15, -0.1) is 24.0 Å². The molecular formula is C14H23BrIN3O. The highest BCUT2D eigenvalue weighted by atomic mass is 127. The molecule has 0 aromatic heterocycles. The van der Waals surface area contributed by atoms with Crippen LogP contribution >= 0.6 is 39.9 Å². The van der Waals surface area contributed by atoms with E-state index in [1.54, 1.807) is 7.11 Å². The molecule has 0 saturated carbocycles. The van der Waals surface area contributed by atoms with Crippen LogP contribution < -0.4 is 15.8 Å². The standard InChI is InChI=1S/C14H22BrN3O.HI/c1-14(2,3)18-13(16)17-9-8-10-6-5-7-11(15)12(10)19-4;/h5-7H,8-9H2,1-4H3,(H3,16,17,18);1H. The van der Waals surface area contributed by atoms with Crippen LogP contribution in [0.1, 0.15) is 26.3 Å². The van der Waals surface area contributed by atoms with E-state index in [0.717, 1.165) is 22.2 Å². The lowest BCUT2D eigenvalue weighted by Crippen LogP contribution is -2.45. The summed E-state index contributed by atoms with van der Waals surface area (Å²) in [5, 5.41) is 3.13. The Labute approximate surface area is 146 Å². The largest absolute Gasteiger partial charge is 0.495 e. The molecule has 0 saturated heterocycles. The lowest BCUT2D eigenvalue weighted by molar-refractivity contribution is 0.407. The van der Waals surface area contributed by atoms with Crippen molar-refractivity contribution in [1.29, 1.82) is 0 Å². The van der Waals surface area contributed by atoms with Crippen molar-refractivity contribution in [3.05, 3.63) is 28.2 Å². The molecule has 0 aliphatic rings. The molecule has 6 heteroatoms. The summed E-state index contributed by atoms with van der Waals surface area (Å²) < 4.78 is 6.33. The highest BCUT2D eigenvalue weighted by Crippen LogP contribution is 2.28. The Hall–Kier alpha value is -0.500. The minimum Gasteiger partial charge on any atom is -0.495 e. The fourth-order valence-corrected chi connectivity index (χ4v) is 2.27. The van der Waals surface area contributed by atoms with Crippen molar-refractivity contribution in [3.63, 3.8) is 0 Å². The monoisotopic (exact) mass is 455 g/mol. The van der Waals surface area contributed by atoms with Gasteiger partial charge in [0, 0.05) is 12.1 Å². The van der Waals surface area contributed by atoms with E-state index in [1.807, 2.05) is 39.0 Å². The lowest BCUT2D eigenvalue weighted by atomic mass is 10.1. The van der Waals surface area contributed by atoms with Crippen molar-refractivity contribution in [1.82, 2.24) is 5.32 Å². The molecule has 3 N–H and O–H groups in total. The molecule has 1 rings (SSSR count). The second-order valence-corrected chi connectivity index (χ2v) is 6.18. The molecule has 0 atom stereocenters. The first-order valence-electron chi connectivity index (χ1n) is 6.23.